The molecule has 0 aliphatic carbocycles. The summed E-state index contributed by atoms with van der Waals surface area (Å²) in [5.74, 6) is 1.61. The molecule has 3 aromatic carbocycles. The SMILES string of the molecule is COc1ccc(N=C2NC(=O)/C(=C/c3ccc(OC)c(OCc4ccc(Cl)cc4Cl)c3)S2)cc1. The number of carbonyl (C=O) groups excluding carboxylic acids is 1. The van der Waals surface area contributed by atoms with E-state index in [2.05, 4.69) is 10.3 Å². The number of thioether (sulfide) groups is 1. The molecule has 0 aromatic heterocycles. The summed E-state index contributed by atoms with van der Waals surface area (Å²) in [7, 11) is 3.17. The summed E-state index contributed by atoms with van der Waals surface area (Å²) in [5.41, 5.74) is 2.29. The highest BCUT2D eigenvalue weighted by Gasteiger charge is 2.24. The maximum absolute atomic E-state index is 12.5. The van der Waals surface area contributed by atoms with Crippen LogP contribution in [0.5, 0.6) is 17.2 Å². The maximum atomic E-state index is 12.5. The molecule has 1 saturated heterocycles. The number of rotatable bonds is 7. The second-order valence-corrected chi connectivity index (χ2v) is 8.99. The third kappa shape index (κ3) is 5.86. The van der Waals surface area contributed by atoms with E-state index in [9.17, 15) is 4.79 Å². The molecule has 1 aliphatic heterocycles. The Kier molecular flexibility index (Phi) is 7.67. The zero-order chi connectivity index (χ0) is 24.1. The number of hydrogen-bond acceptors (Lipinski definition) is 6. The molecule has 4 rings (SSSR count). The maximum Gasteiger partial charge on any atom is 0.264 e. The van der Waals surface area contributed by atoms with Crippen LogP contribution in [-0.4, -0.2) is 25.3 Å². The first-order valence-electron chi connectivity index (χ1n) is 10.1. The molecule has 1 aliphatic rings. The minimum Gasteiger partial charge on any atom is -0.497 e. The standard InChI is InChI=1S/C25H20Cl2N2O4S/c1-31-19-8-6-18(7-9-19)28-25-29-24(30)23(34-25)12-15-3-10-21(32-2)22(11-15)33-14-16-4-5-17(26)13-20(16)27/h3-13H,14H2,1-2H3,(H,28,29,30)/b23-12-. The number of benzene rings is 3. The van der Waals surface area contributed by atoms with Crippen molar-refractivity contribution in [1.29, 1.82) is 0 Å². The zero-order valence-electron chi connectivity index (χ0n) is 18.3. The largest absolute Gasteiger partial charge is 0.497 e. The van der Waals surface area contributed by atoms with Crippen LogP contribution in [0, 0.1) is 0 Å². The van der Waals surface area contributed by atoms with Crippen LogP contribution in [0.15, 0.2) is 70.6 Å². The Morgan fingerprint density at radius 3 is 2.47 bits per heavy atom. The number of amides is 1. The molecule has 174 valence electrons. The smallest absolute Gasteiger partial charge is 0.264 e. The van der Waals surface area contributed by atoms with Gasteiger partial charge in [0.15, 0.2) is 16.7 Å². The molecule has 0 spiro atoms. The third-order valence-electron chi connectivity index (χ3n) is 4.84. The van der Waals surface area contributed by atoms with E-state index < -0.39 is 0 Å². The van der Waals surface area contributed by atoms with E-state index in [1.807, 2.05) is 42.5 Å². The number of nitrogens with one attached hydrogen (secondary N) is 1. The highest BCUT2D eigenvalue weighted by atomic mass is 35.5. The van der Waals surface area contributed by atoms with Crippen molar-refractivity contribution in [2.24, 2.45) is 4.99 Å². The Morgan fingerprint density at radius 2 is 1.76 bits per heavy atom. The van der Waals surface area contributed by atoms with Gasteiger partial charge in [-0.05, 0) is 71.9 Å². The fraction of sp³-hybridized carbons (Fsp3) is 0.120. The summed E-state index contributed by atoms with van der Waals surface area (Å²) in [6, 6.07) is 17.9. The van der Waals surface area contributed by atoms with Gasteiger partial charge in [0.05, 0.1) is 24.8 Å². The lowest BCUT2D eigenvalue weighted by atomic mass is 10.2. The van der Waals surface area contributed by atoms with Crippen LogP contribution < -0.4 is 19.5 Å². The van der Waals surface area contributed by atoms with E-state index >= 15 is 0 Å². The molecular weight excluding hydrogens is 495 g/mol. The molecule has 0 saturated carbocycles. The second-order valence-electron chi connectivity index (χ2n) is 7.11. The molecule has 9 heteroatoms. The summed E-state index contributed by atoms with van der Waals surface area (Å²) >= 11 is 13.5. The van der Waals surface area contributed by atoms with Crippen LogP contribution in [0.25, 0.3) is 6.08 Å². The van der Waals surface area contributed by atoms with Gasteiger partial charge in [-0.3, -0.25) is 4.79 Å². The topological polar surface area (TPSA) is 69.2 Å². The Balaban J connectivity index is 1.51. The van der Waals surface area contributed by atoms with Crippen molar-refractivity contribution < 1.29 is 19.0 Å². The van der Waals surface area contributed by atoms with Crippen LogP contribution in [0.1, 0.15) is 11.1 Å². The third-order valence-corrected chi connectivity index (χ3v) is 6.33. The van der Waals surface area contributed by atoms with Gasteiger partial charge in [0, 0.05) is 15.6 Å². The van der Waals surface area contributed by atoms with Crippen molar-refractivity contribution in [2.75, 3.05) is 14.2 Å². The van der Waals surface area contributed by atoms with Gasteiger partial charge < -0.3 is 19.5 Å². The molecule has 1 N–H and O–H groups in total. The van der Waals surface area contributed by atoms with Crippen molar-refractivity contribution in [1.82, 2.24) is 5.32 Å². The fourth-order valence-corrected chi connectivity index (χ4v) is 4.40. The number of ether oxygens (including phenoxy) is 3. The molecule has 34 heavy (non-hydrogen) atoms. The molecule has 1 fully saturated rings. The average Bonchev–Trinajstić information content (AvgIpc) is 3.17. The Morgan fingerprint density at radius 1 is 0.971 bits per heavy atom. The van der Waals surface area contributed by atoms with Crippen molar-refractivity contribution >= 4 is 57.8 Å². The quantitative estimate of drug-likeness (QED) is 0.365. The van der Waals surface area contributed by atoms with Crippen LogP contribution >= 0.6 is 35.0 Å². The molecule has 0 unspecified atom stereocenters. The van der Waals surface area contributed by atoms with E-state index in [0.29, 0.717) is 37.3 Å². The van der Waals surface area contributed by atoms with E-state index in [4.69, 9.17) is 37.4 Å². The number of halogens is 2. The van der Waals surface area contributed by atoms with E-state index in [0.717, 1.165) is 16.9 Å². The first-order valence-corrected chi connectivity index (χ1v) is 11.7. The van der Waals surface area contributed by atoms with E-state index in [1.165, 1.54) is 11.8 Å². The molecule has 1 amide bonds. The monoisotopic (exact) mass is 514 g/mol. The van der Waals surface area contributed by atoms with Gasteiger partial charge in [-0.1, -0.05) is 35.3 Å². The molecule has 6 nitrogen and oxygen atoms in total. The van der Waals surface area contributed by atoms with Gasteiger partial charge in [-0.2, -0.15) is 0 Å². The number of amidine groups is 1. The number of methoxy groups -OCH3 is 2. The van der Waals surface area contributed by atoms with Gasteiger partial charge >= 0.3 is 0 Å². The van der Waals surface area contributed by atoms with Crippen molar-refractivity contribution in [3.05, 3.63) is 86.7 Å². The number of hydrogen-bond donors (Lipinski definition) is 1. The van der Waals surface area contributed by atoms with Crippen LogP contribution in [0.4, 0.5) is 5.69 Å². The number of carbonyl (C=O) groups is 1. The second kappa shape index (κ2) is 10.9. The fourth-order valence-electron chi connectivity index (χ4n) is 3.10. The predicted molar refractivity (Wildman–Crippen MR) is 138 cm³/mol. The van der Waals surface area contributed by atoms with Crippen LogP contribution in [-0.2, 0) is 11.4 Å². The van der Waals surface area contributed by atoms with E-state index in [1.54, 1.807) is 38.5 Å². The normalized spacial score (nSPS) is 15.5. The summed E-state index contributed by atoms with van der Waals surface area (Å²) in [6.07, 6.45) is 1.78. The lowest BCUT2D eigenvalue weighted by Gasteiger charge is -2.12. The molecule has 0 bridgehead atoms. The lowest BCUT2D eigenvalue weighted by Crippen LogP contribution is -2.19. The van der Waals surface area contributed by atoms with E-state index in [-0.39, 0.29) is 12.5 Å². The van der Waals surface area contributed by atoms with Gasteiger partial charge in [-0.15, -0.1) is 0 Å². The molecule has 0 atom stereocenters. The highest BCUT2D eigenvalue weighted by molar-refractivity contribution is 8.18. The van der Waals surface area contributed by atoms with Crippen LogP contribution in [0.3, 0.4) is 0 Å². The van der Waals surface area contributed by atoms with Gasteiger partial charge in [0.1, 0.15) is 12.4 Å². The minimum absolute atomic E-state index is 0.219. The average molecular weight is 515 g/mol. The highest BCUT2D eigenvalue weighted by Crippen LogP contribution is 2.33. The van der Waals surface area contributed by atoms with Crippen LogP contribution in [0.2, 0.25) is 10.0 Å². The first kappa shape index (κ1) is 24.0. The van der Waals surface area contributed by atoms with Gasteiger partial charge in [-0.25, -0.2) is 4.99 Å². The summed E-state index contributed by atoms with van der Waals surface area (Å²) in [5, 5.41) is 4.37. The number of nitrogens with zero attached hydrogens (tertiary/aromatic N) is 1. The van der Waals surface area contributed by atoms with Crippen molar-refractivity contribution in [2.45, 2.75) is 6.61 Å². The summed E-state index contributed by atoms with van der Waals surface area (Å²) in [6.45, 7) is 0.236. The molecule has 3 aromatic rings. The predicted octanol–water partition coefficient (Wildman–Crippen LogP) is 6.48. The van der Waals surface area contributed by atoms with Gasteiger partial charge in [0.25, 0.3) is 5.91 Å². The molecular formula is C25H20Cl2N2O4S. The zero-order valence-corrected chi connectivity index (χ0v) is 20.6. The number of aliphatic imine (C=N–C) groups is 1. The molecule has 0 radical (unpaired) electrons. The van der Waals surface area contributed by atoms with Crippen molar-refractivity contribution in [3.8, 4) is 17.2 Å². The van der Waals surface area contributed by atoms with Gasteiger partial charge in [0.2, 0.25) is 0 Å². The lowest BCUT2D eigenvalue weighted by molar-refractivity contribution is -0.115. The Bertz CT molecular complexity index is 1280. The Hall–Kier alpha value is -3.13. The van der Waals surface area contributed by atoms with Crippen molar-refractivity contribution in [3.63, 3.8) is 0 Å². The summed E-state index contributed by atoms with van der Waals surface area (Å²) in [4.78, 5) is 17.5. The first-order chi connectivity index (χ1) is 16.4. The molecule has 1 heterocycles. The Labute approximate surface area is 211 Å². The minimum atomic E-state index is -0.219. The summed E-state index contributed by atoms with van der Waals surface area (Å²) < 4.78 is 16.5.